The van der Waals surface area contributed by atoms with Crippen molar-refractivity contribution >= 4 is 57.2 Å². The maximum absolute atomic E-state index is 13.1. The topological polar surface area (TPSA) is 347 Å². The summed E-state index contributed by atoms with van der Waals surface area (Å²) in [6, 6.07) is -6.56. The van der Waals surface area contributed by atoms with Gasteiger partial charge in [0, 0.05) is 11.5 Å². The molecule has 0 fully saturated rings. The molecule has 50 heavy (non-hydrogen) atoms. The van der Waals surface area contributed by atoms with Crippen LogP contribution >= 0.6 is 21.6 Å². The summed E-state index contributed by atoms with van der Waals surface area (Å²) in [5.41, 5.74) is 34.0. The minimum absolute atomic E-state index is 0.159. The maximum Gasteiger partial charge on any atom is 0.327 e. The molecule has 0 saturated heterocycles. The number of unbranched alkanes of at least 4 members (excludes halogenated alkanes) is 4. The van der Waals surface area contributed by atoms with E-state index in [2.05, 4.69) is 21.3 Å². The number of amides is 4. The van der Waals surface area contributed by atoms with E-state index in [0.717, 1.165) is 21.6 Å². The Morgan fingerprint density at radius 3 is 1.00 bits per heavy atom. The molecule has 0 heterocycles. The Morgan fingerprint density at radius 1 is 0.440 bits per heavy atom. The first-order chi connectivity index (χ1) is 23.8. The van der Waals surface area contributed by atoms with Crippen molar-refractivity contribution in [3.63, 3.8) is 0 Å². The molecule has 0 aliphatic carbocycles. The molecule has 20 heteroatoms. The highest BCUT2D eigenvalue weighted by atomic mass is 33.1. The summed E-state index contributed by atoms with van der Waals surface area (Å²) in [5, 5.41) is 29.6. The minimum Gasteiger partial charge on any atom is -0.480 e. The van der Waals surface area contributed by atoms with E-state index in [-0.39, 0.29) is 24.3 Å². The molecule has 0 rings (SSSR count). The Balaban J connectivity index is 5.32. The lowest BCUT2D eigenvalue weighted by Gasteiger charge is -2.23. The van der Waals surface area contributed by atoms with Gasteiger partial charge in [-0.15, -0.1) is 0 Å². The third-order valence-corrected chi connectivity index (χ3v) is 9.98. The molecule has 0 unspecified atom stereocenters. The zero-order chi connectivity index (χ0) is 37.9. The van der Waals surface area contributed by atoms with Crippen LogP contribution in [0.1, 0.15) is 77.0 Å². The summed E-state index contributed by atoms with van der Waals surface area (Å²) in [5.74, 6) is -5.49. The molecule has 0 bridgehead atoms. The molecule has 18 nitrogen and oxygen atoms in total. The molecular formula is C30H60N10O8S2. The highest BCUT2D eigenvalue weighted by Crippen LogP contribution is 2.23. The number of carbonyl (C=O) groups excluding carboxylic acids is 4. The largest absolute Gasteiger partial charge is 0.480 e. The quantitative estimate of drug-likeness (QED) is 0.0260. The smallest absolute Gasteiger partial charge is 0.327 e. The average molecular weight is 753 g/mol. The zero-order valence-corrected chi connectivity index (χ0v) is 30.4. The molecule has 0 aromatic carbocycles. The molecule has 0 saturated carbocycles. The van der Waals surface area contributed by atoms with Gasteiger partial charge in [-0.25, -0.2) is 9.59 Å². The second-order valence-corrected chi connectivity index (χ2v) is 14.4. The molecule has 4 amide bonds. The van der Waals surface area contributed by atoms with Crippen LogP contribution in [0.5, 0.6) is 0 Å². The molecule has 0 aliphatic heterocycles. The van der Waals surface area contributed by atoms with Gasteiger partial charge >= 0.3 is 11.9 Å². The fraction of sp³-hybridized carbons (Fsp3) is 0.800. The molecule has 18 N–H and O–H groups in total. The molecule has 0 spiro atoms. The van der Waals surface area contributed by atoms with Crippen molar-refractivity contribution in [2.45, 2.75) is 113 Å². The number of carboxylic acids is 2. The summed E-state index contributed by atoms with van der Waals surface area (Å²) < 4.78 is 0. The van der Waals surface area contributed by atoms with Gasteiger partial charge in [0.05, 0.1) is 12.1 Å². The van der Waals surface area contributed by atoms with E-state index in [1.165, 1.54) is 0 Å². The van der Waals surface area contributed by atoms with Gasteiger partial charge in [-0.1, -0.05) is 34.4 Å². The predicted molar refractivity (Wildman–Crippen MR) is 195 cm³/mol. The normalized spacial score (nSPS) is 14.8. The van der Waals surface area contributed by atoms with E-state index in [4.69, 9.17) is 34.4 Å². The number of rotatable bonds is 31. The fourth-order valence-electron chi connectivity index (χ4n) is 4.49. The van der Waals surface area contributed by atoms with Gasteiger partial charge in [-0.3, -0.25) is 19.2 Å². The van der Waals surface area contributed by atoms with Gasteiger partial charge in [-0.05, 0) is 90.4 Å². The predicted octanol–water partition coefficient (Wildman–Crippen LogP) is -2.35. The monoisotopic (exact) mass is 752 g/mol. The third-order valence-electron chi connectivity index (χ3n) is 7.55. The van der Waals surface area contributed by atoms with Gasteiger partial charge in [0.25, 0.3) is 0 Å². The van der Waals surface area contributed by atoms with Crippen LogP contribution in [-0.2, 0) is 28.8 Å². The van der Waals surface area contributed by atoms with Crippen LogP contribution in [0.4, 0.5) is 0 Å². The van der Waals surface area contributed by atoms with Crippen LogP contribution in [0.2, 0.25) is 0 Å². The van der Waals surface area contributed by atoms with Crippen molar-refractivity contribution in [1.82, 2.24) is 21.3 Å². The summed E-state index contributed by atoms with van der Waals surface area (Å²) in [7, 11) is 1.96. The molecule has 0 aromatic rings. The van der Waals surface area contributed by atoms with Gasteiger partial charge in [-0.2, -0.15) is 0 Å². The van der Waals surface area contributed by atoms with Gasteiger partial charge in [0.1, 0.15) is 24.2 Å². The summed E-state index contributed by atoms with van der Waals surface area (Å²) in [4.78, 5) is 75.5. The summed E-state index contributed by atoms with van der Waals surface area (Å²) in [6.07, 6.45) is 5.99. The van der Waals surface area contributed by atoms with Crippen LogP contribution in [-0.4, -0.2) is 120 Å². The van der Waals surface area contributed by atoms with Crippen LogP contribution in [0.15, 0.2) is 0 Å². The highest BCUT2D eigenvalue weighted by Gasteiger charge is 2.30. The van der Waals surface area contributed by atoms with Crippen LogP contribution in [0.3, 0.4) is 0 Å². The van der Waals surface area contributed by atoms with Gasteiger partial charge in [0.15, 0.2) is 0 Å². The Hall–Kier alpha value is -2.72. The van der Waals surface area contributed by atoms with Crippen molar-refractivity contribution < 1.29 is 39.0 Å². The van der Waals surface area contributed by atoms with Crippen molar-refractivity contribution in [2.75, 3.05) is 37.7 Å². The summed E-state index contributed by atoms with van der Waals surface area (Å²) in [6.45, 7) is 1.66. The molecule has 6 atom stereocenters. The second kappa shape index (κ2) is 28.9. The van der Waals surface area contributed by atoms with Crippen molar-refractivity contribution in [3.8, 4) is 0 Å². The lowest BCUT2D eigenvalue weighted by molar-refractivity contribution is -0.142. The van der Waals surface area contributed by atoms with Crippen molar-refractivity contribution in [3.05, 3.63) is 0 Å². The highest BCUT2D eigenvalue weighted by molar-refractivity contribution is 8.76. The molecule has 0 radical (unpaired) electrons. The number of hydrogen-bond donors (Lipinski definition) is 12. The molecule has 290 valence electrons. The van der Waals surface area contributed by atoms with E-state index < -0.39 is 71.8 Å². The molecule has 0 aliphatic rings. The average Bonchev–Trinajstić information content (AvgIpc) is 3.07. The number of carboxylic acid groups (broad SMARTS) is 2. The van der Waals surface area contributed by atoms with E-state index in [1.54, 1.807) is 0 Å². The first-order valence-corrected chi connectivity index (χ1v) is 19.5. The molecule has 0 aromatic heterocycles. The SMILES string of the molecule is NCCCC[C@H](NC(=O)[C@@H](N)CCCCN)C(=O)N[C@@H](CSSC[C@H](NC(=O)[C@H](CCCCN)NC(=O)[C@@H](N)CCCCN)C(=O)O)C(=O)O. The standard InChI is InChI=1S/C30H60N10O8S2/c31-13-5-1-9-19(35)25(41)37-21(11-3-7-15-33)27(43)39-23(29(45)46)17-49-50-18-24(30(47)48)40-28(44)22(12-4-8-16-34)38-26(42)20(36)10-2-6-14-32/h19-24H,1-18,31-36H2,(H,37,41)(H,38,42)(H,39,43)(H,40,44)(H,45,46)(H,47,48)/t19-,20-,21-,22-,23-,24-/m0/s1. The Morgan fingerprint density at radius 2 is 0.720 bits per heavy atom. The lowest BCUT2D eigenvalue weighted by Crippen LogP contribution is -2.55. The van der Waals surface area contributed by atoms with E-state index in [1.807, 2.05) is 0 Å². The van der Waals surface area contributed by atoms with E-state index in [0.29, 0.717) is 90.4 Å². The van der Waals surface area contributed by atoms with Gasteiger partial charge < -0.3 is 65.9 Å². The van der Waals surface area contributed by atoms with Crippen molar-refractivity contribution in [1.29, 1.82) is 0 Å². The van der Waals surface area contributed by atoms with Crippen molar-refractivity contribution in [2.24, 2.45) is 34.4 Å². The minimum atomic E-state index is -1.37. The van der Waals surface area contributed by atoms with Crippen LogP contribution < -0.4 is 55.7 Å². The zero-order valence-electron chi connectivity index (χ0n) is 28.8. The Kier molecular flexibility index (Phi) is 27.3. The number of nitrogens with one attached hydrogen (secondary N) is 4. The second-order valence-electron chi connectivity index (χ2n) is 11.8. The van der Waals surface area contributed by atoms with E-state index in [9.17, 15) is 39.0 Å². The maximum atomic E-state index is 13.1. The third kappa shape index (κ3) is 21.5. The first kappa shape index (κ1) is 47.3. The Bertz CT molecular complexity index is 954. The number of aliphatic carboxylic acids is 2. The summed E-state index contributed by atoms with van der Waals surface area (Å²) >= 11 is 0. The van der Waals surface area contributed by atoms with Crippen LogP contribution in [0, 0.1) is 0 Å². The number of carbonyl (C=O) groups is 6. The lowest BCUT2D eigenvalue weighted by atomic mass is 10.1. The number of hydrogen-bond acceptors (Lipinski definition) is 14. The Labute approximate surface area is 302 Å². The van der Waals surface area contributed by atoms with E-state index >= 15 is 0 Å². The first-order valence-electron chi connectivity index (χ1n) is 17.1. The van der Waals surface area contributed by atoms with Gasteiger partial charge in [0.2, 0.25) is 23.6 Å². The fourth-order valence-corrected chi connectivity index (χ4v) is 6.80. The number of nitrogens with two attached hydrogens (primary N) is 6. The van der Waals surface area contributed by atoms with Crippen LogP contribution in [0.25, 0.3) is 0 Å². The molecular weight excluding hydrogens is 693 g/mol.